The predicted octanol–water partition coefficient (Wildman–Crippen LogP) is 2.67. The summed E-state index contributed by atoms with van der Waals surface area (Å²) in [6.07, 6.45) is 5.67. The molecule has 1 aliphatic carbocycles. The molecule has 0 aromatic heterocycles. The Hall–Kier alpha value is -1.91. The minimum atomic E-state index is -0.366. The van der Waals surface area contributed by atoms with Crippen LogP contribution >= 0.6 is 0 Å². The van der Waals surface area contributed by atoms with Crippen molar-refractivity contribution in [2.24, 2.45) is 0 Å². The van der Waals surface area contributed by atoms with Crippen LogP contribution < -0.4 is 5.32 Å². The summed E-state index contributed by atoms with van der Waals surface area (Å²) in [5.41, 5.74) is 0.390. The van der Waals surface area contributed by atoms with E-state index in [1.54, 1.807) is 25.1 Å². The lowest BCUT2D eigenvalue weighted by molar-refractivity contribution is -0.132. The molecule has 0 saturated heterocycles. The van der Waals surface area contributed by atoms with Crippen molar-refractivity contribution < 1.29 is 14.0 Å². The van der Waals surface area contributed by atoms with Crippen molar-refractivity contribution in [3.8, 4) is 0 Å². The largest absolute Gasteiger partial charge is 0.354 e. The van der Waals surface area contributed by atoms with E-state index in [0.29, 0.717) is 24.7 Å². The predicted molar refractivity (Wildman–Crippen MR) is 87.4 cm³/mol. The maximum atomic E-state index is 13.5. The van der Waals surface area contributed by atoms with Gasteiger partial charge < -0.3 is 10.2 Å². The number of halogens is 1. The van der Waals surface area contributed by atoms with E-state index in [4.69, 9.17) is 0 Å². The summed E-state index contributed by atoms with van der Waals surface area (Å²) in [7, 11) is 0. The summed E-state index contributed by atoms with van der Waals surface area (Å²) in [4.78, 5) is 25.6. The lowest BCUT2D eigenvalue weighted by atomic mass is 9.94. The molecule has 0 bridgehead atoms. The fourth-order valence-electron chi connectivity index (χ4n) is 3.18. The molecular weight excluding hydrogens is 295 g/mol. The number of carbonyl (C=O) groups is 2. The zero-order valence-corrected chi connectivity index (χ0v) is 13.7. The van der Waals surface area contributed by atoms with Gasteiger partial charge in [0.05, 0.1) is 6.42 Å². The molecular formula is C18H25FN2O2. The smallest absolute Gasteiger partial charge is 0.224 e. The molecule has 23 heavy (non-hydrogen) atoms. The Morgan fingerprint density at radius 3 is 2.57 bits per heavy atom. The average molecular weight is 320 g/mol. The van der Waals surface area contributed by atoms with Gasteiger partial charge in [-0.3, -0.25) is 9.59 Å². The van der Waals surface area contributed by atoms with E-state index >= 15 is 0 Å². The first-order valence-electron chi connectivity index (χ1n) is 8.35. The Kier molecular flexibility index (Phi) is 6.56. The summed E-state index contributed by atoms with van der Waals surface area (Å²) >= 11 is 0. The van der Waals surface area contributed by atoms with Crippen molar-refractivity contribution in [1.82, 2.24) is 10.2 Å². The monoisotopic (exact) mass is 320 g/mol. The van der Waals surface area contributed by atoms with Crippen LogP contribution in [0.3, 0.4) is 0 Å². The van der Waals surface area contributed by atoms with E-state index in [9.17, 15) is 14.0 Å². The standard InChI is InChI=1S/C18H25FN2O2/c1-14(22)21(16-8-3-2-4-9-16)12-11-20-18(23)13-15-7-5-6-10-17(15)19/h5-7,10,16H,2-4,8-9,11-13H2,1H3,(H,20,23). The third-order valence-electron chi connectivity index (χ3n) is 4.40. The number of carbonyl (C=O) groups excluding carboxylic acids is 2. The molecule has 0 spiro atoms. The van der Waals surface area contributed by atoms with Gasteiger partial charge in [-0.25, -0.2) is 4.39 Å². The number of hydrogen-bond donors (Lipinski definition) is 1. The number of nitrogens with zero attached hydrogens (tertiary/aromatic N) is 1. The van der Waals surface area contributed by atoms with E-state index in [-0.39, 0.29) is 24.1 Å². The summed E-state index contributed by atoms with van der Waals surface area (Å²) in [5.74, 6) is -0.530. The van der Waals surface area contributed by atoms with Gasteiger partial charge in [-0.1, -0.05) is 37.5 Å². The van der Waals surface area contributed by atoms with Crippen LogP contribution in [-0.4, -0.2) is 35.8 Å². The second kappa shape index (κ2) is 8.65. The Balaban J connectivity index is 1.79. The van der Waals surface area contributed by atoms with Crippen molar-refractivity contribution in [2.45, 2.75) is 51.5 Å². The Bertz CT molecular complexity index is 542. The molecule has 1 aromatic carbocycles. The summed E-state index contributed by atoms with van der Waals surface area (Å²) in [5, 5.41) is 2.78. The van der Waals surface area contributed by atoms with E-state index in [1.807, 2.05) is 4.90 Å². The van der Waals surface area contributed by atoms with Crippen LogP contribution in [0.25, 0.3) is 0 Å². The van der Waals surface area contributed by atoms with Crippen molar-refractivity contribution in [2.75, 3.05) is 13.1 Å². The minimum absolute atomic E-state index is 0.0240. The third kappa shape index (κ3) is 5.34. The van der Waals surface area contributed by atoms with E-state index < -0.39 is 0 Å². The van der Waals surface area contributed by atoms with Crippen LogP contribution in [0.4, 0.5) is 4.39 Å². The first kappa shape index (κ1) is 17.4. The van der Waals surface area contributed by atoms with Crippen LogP contribution in [0.15, 0.2) is 24.3 Å². The van der Waals surface area contributed by atoms with Gasteiger partial charge in [-0.05, 0) is 24.5 Å². The molecule has 1 aliphatic rings. The van der Waals surface area contributed by atoms with Crippen LogP contribution in [0.1, 0.15) is 44.6 Å². The number of rotatable bonds is 6. The normalized spacial score (nSPS) is 15.2. The van der Waals surface area contributed by atoms with Gasteiger partial charge in [-0.2, -0.15) is 0 Å². The van der Waals surface area contributed by atoms with Crippen molar-refractivity contribution in [3.05, 3.63) is 35.6 Å². The number of benzene rings is 1. The quantitative estimate of drug-likeness (QED) is 0.876. The van der Waals surface area contributed by atoms with Gasteiger partial charge in [0.1, 0.15) is 5.82 Å². The molecule has 4 nitrogen and oxygen atoms in total. The van der Waals surface area contributed by atoms with E-state index in [1.165, 1.54) is 12.5 Å². The zero-order chi connectivity index (χ0) is 16.7. The van der Waals surface area contributed by atoms with Crippen molar-refractivity contribution in [3.63, 3.8) is 0 Å². The first-order chi connectivity index (χ1) is 11.1. The van der Waals surface area contributed by atoms with E-state index in [2.05, 4.69) is 5.32 Å². The highest BCUT2D eigenvalue weighted by molar-refractivity contribution is 5.78. The highest BCUT2D eigenvalue weighted by Gasteiger charge is 2.22. The maximum absolute atomic E-state index is 13.5. The highest BCUT2D eigenvalue weighted by Crippen LogP contribution is 2.22. The number of hydrogen-bond acceptors (Lipinski definition) is 2. The molecule has 0 heterocycles. The molecule has 0 aliphatic heterocycles. The lowest BCUT2D eigenvalue weighted by Gasteiger charge is -2.33. The molecule has 1 N–H and O–H groups in total. The second-order valence-electron chi connectivity index (χ2n) is 6.12. The molecule has 1 aromatic rings. The van der Waals surface area contributed by atoms with Gasteiger partial charge in [0, 0.05) is 26.1 Å². The van der Waals surface area contributed by atoms with Crippen molar-refractivity contribution >= 4 is 11.8 Å². The van der Waals surface area contributed by atoms with Crippen LogP contribution in [0, 0.1) is 5.82 Å². The van der Waals surface area contributed by atoms with Gasteiger partial charge in [-0.15, -0.1) is 0 Å². The molecule has 0 atom stereocenters. The summed E-state index contributed by atoms with van der Waals surface area (Å²) in [6, 6.07) is 6.57. The number of nitrogens with one attached hydrogen (secondary N) is 1. The number of amides is 2. The van der Waals surface area contributed by atoms with Crippen molar-refractivity contribution in [1.29, 1.82) is 0 Å². The fraction of sp³-hybridized carbons (Fsp3) is 0.556. The van der Waals surface area contributed by atoms with Gasteiger partial charge in [0.15, 0.2) is 0 Å². The average Bonchev–Trinajstić information content (AvgIpc) is 2.54. The van der Waals surface area contributed by atoms with Gasteiger partial charge in [0.25, 0.3) is 0 Å². The van der Waals surface area contributed by atoms with Crippen LogP contribution in [0.2, 0.25) is 0 Å². The van der Waals surface area contributed by atoms with E-state index in [0.717, 1.165) is 25.7 Å². The topological polar surface area (TPSA) is 49.4 Å². The molecule has 1 fully saturated rings. The van der Waals surface area contributed by atoms with Crippen LogP contribution in [0.5, 0.6) is 0 Å². The fourth-order valence-corrected chi connectivity index (χ4v) is 3.18. The highest BCUT2D eigenvalue weighted by atomic mass is 19.1. The van der Waals surface area contributed by atoms with Gasteiger partial charge >= 0.3 is 0 Å². The van der Waals surface area contributed by atoms with Gasteiger partial charge in [0.2, 0.25) is 11.8 Å². The summed E-state index contributed by atoms with van der Waals surface area (Å²) in [6.45, 7) is 2.50. The Labute approximate surface area is 137 Å². The Morgan fingerprint density at radius 1 is 1.22 bits per heavy atom. The van der Waals surface area contributed by atoms with Crippen LogP contribution in [-0.2, 0) is 16.0 Å². The second-order valence-corrected chi connectivity index (χ2v) is 6.12. The molecule has 5 heteroatoms. The molecule has 2 rings (SSSR count). The molecule has 0 radical (unpaired) electrons. The lowest BCUT2D eigenvalue weighted by Crippen LogP contribution is -2.44. The molecule has 1 saturated carbocycles. The third-order valence-corrected chi connectivity index (χ3v) is 4.40. The first-order valence-corrected chi connectivity index (χ1v) is 8.35. The zero-order valence-electron chi connectivity index (χ0n) is 13.7. The minimum Gasteiger partial charge on any atom is -0.354 e. The maximum Gasteiger partial charge on any atom is 0.224 e. The molecule has 0 unspecified atom stereocenters. The summed E-state index contributed by atoms with van der Waals surface area (Å²) < 4.78 is 13.5. The SMILES string of the molecule is CC(=O)N(CCNC(=O)Cc1ccccc1F)C1CCCCC1. The molecule has 2 amide bonds. The Morgan fingerprint density at radius 2 is 1.91 bits per heavy atom. The molecule has 126 valence electrons.